The third kappa shape index (κ3) is 11.4. The van der Waals surface area contributed by atoms with E-state index in [2.05, 4.69) is 6.92 Å². The SMILES string of the molecule is CCCCCCCCCCCCCC(=O)SCC(=O)N(c1c(C)ccc(Cl)c1C)[C@@H](C)C(=O)OC. The van der Waals surface area contributed by atoms with E-state index < -0.39 is 12.0 Å². The molecule has 1 amide bonds. The number of amides is 1. The number of carbonyl (C=O) groups is 3. The van der Waals surface area contributed by atoms with Crippen molar-refractivity contribution in [2.75, 3.05) is 17.8 Å². The molecule has 1 atom stereocenters. The maximum Gasteiger partial charge on any atom is 0.328 e. The smallest absolute Gasteiger partial charge is 0.328 e. The zero-order valence-corrected chi connectivity index (χ0v) is 23.9. The Balaban J connectivity index is 2.49. The van der Waals surface area contributed by atoms with E-state index in [-0.39, 0.29) is 16.8 Å². The molecule has 0 spiro atoms. The van der Waals surface area contributed by atoms with Gasteiger partial charge in [-0.05, 0) is 44.4 Å². The maximum atomic E-state index is 13.2. The van der Waals surface area contributed by atoms with Crippen molar-refractivity contribution in [3.63, 3.8) is 0 Å². The lowest BCUT2D eigenvalue weighted by atomic mass is 10.1. The molecule has 1 aromatic rings. The molecule has 0 aliphatic heterocycles. The Hall–Kier alpha value is -1.53. The van der Waals surface area contributed by atoms with Gasteiger partial charge in [-0.15, -0.1) is 0 Å². The molecule has 0 saturated heterocycles. The molecular formula is C28H44ClNO4S. The molecule has 198 valence electrons. The number of aryl methyl sites for hydroxylation is 1. The number of methoxy groups -OCH3 is 1. The number of nitrogens with zero attached hydrogens (tertiary/aromatic N) is 1. The highest BCUT2D eigenvalue weighted by molar-refractivity contribution is 8.14. The van der Waals surface area contributed by atoms with Crippen LogP contribution in [0.5, 0.6) is 0 Å². The highest BCUT2D eigenvalue weighted by atomic mass is 35.5. The highest BCUT2D eigenvalue weighted by Gasteiger charge is 2.31. The van der Waals surface area contributed by atoms with Gasteiger partial charge in [-0.2, -0.15) is 0 Å². The number of rotatable bonds is 17. The van der Waals surface area contributed by atoms with E-state index in [1.807, 2.05) is 19.9 Å². The molecular weight excluding hydrogens is 482 g/mol. The lowest BCUT2D eigenvalue weighted by Gasteiger charge is -2.30. The van der Waals surface area contributed by atoms with Crippen LogP contribution in [0, 0.1) is 13.8 Å². The van der Waals surface area contributed by atoms with Gasteiger partial charge < -0.3 is 4.74 Å². The van der Waals surface area contributed by atoms with E-state index in [9.17, 15) is 14.4 Å². The topological polar surface area (TPSA) is 63.7 Å². The monoisotopic (exact) mass is 525 g/mol. The fourth-order valence-electron chi connectivity index (χ4n) is 4.21. The fraction of sp³-hybridized carbons (Fsp3) is 0.679. The Morgan fingerprint density at radius 3 is 2.03 bits per heavy atom. The molecule has 0 aliphatic carbocycles. The Morgan fingerprint density at radius 2 is 1.49 bits per heavy atom. The normalized spacial score (nSPS) is 11.8. The fourth-order valence-corrected chi connectivity index (χ4v) is 5.07. The van der Waals surface area contributed by atoms with Crippen LogP contribution in [-0.2, 0) is 19.1 Å². The zero-order chi connectivity index (χ0) is 26.2. The van der Waals surface area contributed by atoms with Crippen molar-refractivity contribution in [1.82, 2.24) is 0 Å². The number of benzene rings is 1. The first-order valence-electron chi connectivity index (χ1n) is 13.1. The molecule has 0 heterocycles. The van der Waals surface area contributed by atoms with Gasteiger partial charge >= 0.3 is 5.97 Å². The van der Waals surface area contributed by atoms with Gasteiger partial charge in [0.25, 0.3) is 0 Å². The predicted molar refractivity (Wildman–Crippen MR) is 148 cm³/mol. The van der Waals surface area contributed by atoms with Crippen molar-refractivity contribution in [2.45, 2.75) is 111 Å². The summed E-state index contributed by atoms with van der Waals surface area (Å²) >= 11 is 7.33. The van der Waals surface area contributed by atoms with E-state index in [0.717, 1.165) is 36.6 Å². The Morgan fingerprint density at radius 1 is 0.943 bits per heavy atom. The van der Waals surface area contributed by atoms with Crippen LogP contribution in [0.15, 0.2) is 12.1 Å². The number of hydrogen-bond donors (Lipinski definition) is 0. The van der Waals surface area contributed by atoms with Gasteiger partial charge in [0.15, 0.2) is 5.12 Å². The lowest BCUT2D eigenvalue weighted by Crippen LogP contribution is -2.45. The van der Waals surface area contributed by atoms with E-state index in [0.29, 0.717) is 22.7 Å². The lowest BCUT2D eigenvalue weighted by molar-refractivity contribution is -0.142. The molecule has 0 N–H and O–H groups in total. The number of hydrogen-bond acceptors (Lipinski definition) is 5. The summed E-state index contributed by atoms with van der Waals surface area (Å²) in [6.45, 7) is 7.55. The van der Waals surface area contributed by atoms with Crippen molar-refractivity contribution >= 4 is 46.0 Å². The Kier molecular flexibility index (Phi) is 16.0. The van der Waals surface area contributed by atoms with Gasteiger partial charge in [0, 0.05) is 11.4 Å². The quantitative estimate of drug-likeness (QED) is 0.153. The van der Waals surface area contributed by atoms with Crippen LogP contribution in [-0.4, -0.2) is 35.9 Å². The summed E-state index contributed by atoms with van der Waals surface area (Å²) in [5, 5.41) is 0.528. The molecule has 0 unspecified atom stereocenters. The second-order valence-corrected chi connectivity index (χ2v) is 10.7. The van der Waals surface area contributed by atoms with Crippen molar-refractivity contribution in [3.05, 3.63) is 28.3 Å². The van der Waals surface area contributed by atoms with Crippen LogP contribution in [0.3, 0.4) is 0 Å². The first kappa shape index (κ1) is 31.5. The maximum absolute atomic E-state index is 13.2. The molecule has 35 heavy (non-hydrogen) atoms. The molecule has 1 aromatic carbocycles. The summed E-state index contributed by atoms with van der Waals surface area (Å²) in [4.78, 5) is 39.3. The number of halogens is 1. The number of anilines is 1. The van der Waals surface area contributed by atoms with Crippen LogP contribution in [0.4, 0.5) is 5.69 Å². The molecule has 0 radical (unpaired) electrons. The van der Waals surface area contributed by atoms with Crippen molar-refractivity contribution in [3.8, 4) is 0 Å². The van der Waals surface area contributed by atoms with Crippen molar-refractivity contribution in [1.29, 1.82) is 0 Å². The molecule has 5 nitrogen and oxygen atoms in total. The zero-order valence-electron chi connectivity index (χ0n) is 22.3. The molecule has 1 rings (SSSR count). The largest absolute Gasteiger partial charge is 0.467 e. The molecule has 0 fully saturated rings. The Bertz CT molecular complexity index is 814. The number of ether oxygens (including phenoxy) is 1. The van der Waals surface area contributed by atoms with Crippen LogP contribution in [0.2, 0.25) is 5.02 Å². The van der Waals surface area contributed by atoms with Crippen molar-refractivity contribution in [2.24, 2.45) is 0 Å². The third-order valence-electron chi connectivity index (χ3n) is 6.35. The van der Waals surface area contributed by atoms with Gasteiger partial charge in [-0.1, -0.05) is 101 Å². The van der Waals surface area contributed by atoms with Crippen LogP contribution in [0.25, 0.3) is 0 Å². The van der Waals surface area contributed by atoms with Gasteiger partial charge in [0.2, 0.25) is 5.91 Å². The average Bonchev–Trinajstić information content (AvgIpc) is 2.85. The highest BCUT2D eigenvalue weighted by Crippen LogP contribution is 2.32. The van der Waals surface area contributed by atoms with Crippen LogP contribution < -0.4 is 4.90 Å². The van der Waals surface area contributed by atoms with Crippen molar-refractivity contribution < 1.29 is 19.1 Å². The van der Waals surface area contributed by atoms with Gasteiger partial charge in [-0.3, -0.25) is 14.5 Å². The molecule has 7 heteroatoms. The van der Waals surface area contributed by atoms with E-state index in [4.69, 9.17) is 16.3 Å². The molecule has 0 aliphatic rings. The molecule has 0 aromatic heterocycles. The minimum Gasteiger partial charge on any atom is -0.467 e. The van der Waals surface area contributed by atoms with E-state index in [1.54, 1.807) is 13.0 Å². The second-order valence-electron chi connectivity index (χ2n) is 9.25. The van der Waals surface area contributed by atoms with E-state index in [1.165, 1.54) is 63.4 Å². The standard InChI is InChI=1S/C28H44ClNO4S/c1-6-7-8-9-10-11-12-13-14-15-16-17-26(32)35-20-25(31)30(23(4)28(33)34-5)27-21(2)18-19-24(29)22(27)3/h18-19,23H,6-17,20H2,1-5H3/t23-/m0/s1. The van der Waals surface area contributed by atoms with Gasteiger partial charge in [0.1, 0.15) is 6.04 Å². The minimum absolute atomic E-state index is 0.0134. The summed E-state index contributed by atoms with van der Waals surface area (Å²) in [6.07, 6.45) is 14.0. The minimum atomic E-state index is -0.828. The summed E-state index contributed by atoms with van der Waals surface area (Å²) in [6, 6.07) is 2.76. The van der Waals surface area contributed by atoms with Gasteiger partial charge in [0.05, 0.1) is 18.6 Å². The molecule has 0 saturated carbocycles. The van der Waals surface area contributed by atoms with Gasteiger partial charge in [-0.25, -0.2) is 4.79 Å². The first-order chi connectivity index (χ1) is 16.7. The number of thioether (sulfide) groups is 1. The van der Waals surface area contributed by atoms with E-state index >= 15 is 0 Å². The molecule has 0 bridgehead atoms. The summed E-state index contributed by atoms with van der Waals surface area (Å²) in [5.74, 6) is -0.855. The van der Waals surface area contributed by atoms with Crippen LogP contribution >= 0.6 is 23.4 Å². The average molecular weight is 526 g/mol. The number of esters is 1. The summed E-state index contributed by atoms with van der Waals surface area (Å²) < 4.78 is 4.88. The summed E-state index contributed by atoms with van der Waals surface area (Å²) in [7, 11) is 1.30. The first-order valence-corrected chi connectivity index (χ1v) is 14.4. The second kappa shape index (κ2) is 17.8. The van der Waals surface area contributed by atoms with Crippen LogP contribution in [0.1, 0.15) is 102 Å². The summed E-state index contributed by atoms with van der Waals surface area (Å²) in [5.41, 5.74) is 2.14. The number of carbonyl (C=O) groups excluding carboxylic acids is 3. The third-order valence-corrected chi connectivity index (χ3v) is 7.67. The Labute approximate surface area is 221 Å². The predicted octanol–water partition coefficient (Wildman–Crippen LogP) is 7.81. The number of unbranched alkanes of at least 4 members (excludes halogenated alkanes) is 10.